The van der Waals surface area contributed by atoms with Crippen LogP contribution in [0, 0.1) is 5.92 Å². The van der Waals surface area contributed by atoms with Crippen LogP contribution in [0.1, 0.15) is 67.8 Å². The maximum absolute atomic E-state index is 13.1. The number of hydrogen-bond donors (Lipinski definition) is 1. The average Bonchev–Trinajstić information content (AvgIpc) is 3.42. The summed E-state index contributed by atoms with van der Waals surface area (Å²) >= 11 is 0. The van der Waals surface area contributed by atoms with E-state index in [1.54, 1.807) is 18.4 Å². The number of hydrogen-bond acceptors (Lipinski definition) is 5. The van der Waals surface area contributed by atoms with Crippen molar-refractivity contribution in [1.29, 1.82) is 0 Å². The summed E-state index contributed by atoms with van der Waals surface area (Å²) in [5.74, 6) is 2.00. The Morgan fingerprint density at radius 3 is 2.59 bits per heavy atom. The molecule has 1 saturated carbocycles. The minimum Gasteiger partial charge on any atom is -0.461 e. The summed E-state index contributed by atoms with van der Waals surface area (Å²) in [6.07, 6.45) is 6.83. The molecular formula is C23H28N4O2. The molecule has 1 N–H and O–H groups in total. The van der Waals surface area contributed by atoms with Crippen LogP contribution in [0.5, 0.6) is 0 Å². The number of carbonyl (C=O) groups excluding carboxylic acids is 1. The van der Waals surface area contributed by atoms with Crippen LogP contribution in [0.2, 0.25) is 0 Å². The summed E-state index contributed by atoms with van der Waals surface area (Å²) in [7, 11) is 0. The molecule has 1 aliphatic rings. The smallest absolute Gasteiger partial charge is 0.253 e. The largest absolute Gasteiger partial charge is 0.461 e. The van der Waals surface area contributed by atoms with Crippen molar-refractivity contribution < 1.29 is 9.21 Å². The van der Waals surface area contributed by atoms with Gasteiger partial charge in [-0.15, -0.1) is 5.10 Å². The fourth-order valence-corrected chi connectivity index (χ4v) is 3.81. The minimum atomic E-state index is 0.0146. The highest BCUT2D eigenvalue weighted by molar-refractivity contribution is 5.83. The van der Waals surface area contributed by atoms with Gasteiger partial charge >= 0.3 is 0 Å². The molecule has 3 aromatic rings. The molecule has 1 aliphatic carbocycles. The Balaban J connectivity index is 1.56. The molecule has 6 nitrogen and oxygen atoms in total. The summed E-state index contributed by atoms with van der Waals surface area (Å²) in [6, 6.07) is 12.1. The summed E-state index contributed by atoms with van der Waals surface area (Å²) in [5.41, 5.74) is 2.44. The molecule has 1 aromatic carbocycles. The van der Waals surface area contributed by atoms with Gasteiger partial charge in [0.25, 0.3) is 5.91 Å². The molecule has 0 atom stereocenters. The standard InChI is InChI=1S/C23H28N4O2/c1-16(2)18-12-10-17(11-13-18)15-24-23-25-21(20-9-6-14-29-20)26-27(23)22(28)19-7-4-3-5-8-19/h6,9-14,16,19H,3-5,7-8,15H2,1-2H3,(H,24,25,26). The number of nitrogens with zero attached hydrogens (tertiary/aromatic N) is 3. The summed E-state index contributed by atoms with van der Waals surface area (Å²) < 4.78 is 6.87. The van der Waals surface area contributed by atoms with Gasteiger partial charge in [-0.2, -0.15) is 9.67 Å². The zero-order chi connectivity index (χ0) is 20.2. The first-order chi connectivity index (χ1) is 14.1. The first-order valence-electron chi connectivity index (χ1n) is 10.5. The van der Waals surface area contributed by atoms with Gasteiger partial charge in [-0.1, -0.05) is 57.4 Å². The highest BCUT2D eigenvalue weighted by Gasteiger charge is 2.27. The molecule has 2 aromatic heterocycles. The molecule has 1 fully saturated rings. The second-order valence-corrected chi connectivity index (χ2v) is 8.07. The van der Waals surface area contributed by atoms with Crippen molar-refractivity contribution in [3.63, 3.8) is 0 Å². The molecule has 29 heavy (non-hydrogen) atoms. The topological polar surface area (TPSA) is 73.0 Å². The van der Waals surface area contributed by atoms with Gasteiger partial charge in [0.05, 0.1) is 6.26 Å². The van der Waals surface area contributed by atoms with Gasteiger partial charge in [0, 0.05) is 12.5 Å². The Hall–Kier alpha value is -2.89. The zero-order valence-corrected chi connectivity index (χ0v) is 17.1. The normalized spacial score (nSPS) is 15.0. The number of nitrogens with one attached hydrogen (secondary N) is 1. The fourth-order valence-electron chi connectivity index (χ4n) is 3.81. The first kappa shape index (κ1) is 19.4. The third kappa shape index (κ3) is 4.42. The zero-order valence-electron chi connectivity index (χ0n) is 17.1. The van der Waals surface area contributed by atoms with E-state index in [0.717, 1.165) is 31.2 Å². The number of anilines is 1. The number of benzene rings is 1. The maximum atomic E-state index is 13.1. The molecular weight excluding hydrogens is 364 g/mol. The second-order valence-electron chi connectivity index (χ2n) is 8.07. The van der Waals surface area contributed by atoms with Crippen molar-refractivity contribution in [2.75, 3.05) is 5.32 Å². The molecule has 0 radical (unpaired) electrons. The van der Waals surface area contributed by atoms with Crippen molar-refractivity contribution in [1.82, 2.24) is 14.8 Å². The Morgan fingerprint density at radius 1 is 1.17 bits per heavy atom. The SMILES string of the molecule is CC(C)c1ccc(CNc2nc(-c3ccco3)nn2C(=O)C2CCCCC2)cc1. The van der Waals surface area contributed by atoms with Gasteiger partial charge in [0.15, 0.2) is 5.76 Å². The Bertz CT molecular complexity index is 936. The number of aromatic nitrogens is 3. The lowest BCUT2D eigenvalue weighted by atomic mass is 9.89. The molecule has 152 valence electrons. The molecule has 0 bridgehead atoms. The van der Waals surface area contributed by atoms with Gasteiger partial charge in [0.2, 0.25) is 11.8 Å². The van der Waals surface area contributed by atoms with E-state index in [9.17, 15) is 4.79 Å². The fraction of sp³-hybridized carbons (Fsp3) is 0.435. The van der Waals surface area contributed by atoms with Gasteiger partial charge in [0.1, 0.15) is 0 Å². The van der Waals surface area contributed by atoms with Crippen molar-refractivity contribution in [2.24, 2.45) is 5.92 Å². The molecule has 2 heterocycles. The monoisotopic (exact) mass is 392 g/mol. The average molecular weight is 393 g/mol. The molecule has 6 heteroatoms. The van der Waals surface area contributed by atoms with Crippen LogP contribution in [-0.2, 0) is 6.54 Å². The predicted molar refractivity (Wildman–Crippen MR) is 113 cm³/mol. The summed E-state index contributed by atoms with van der Waals surface area (Å²) in [6.45, 7) is 4.94. The third-order valence-electron chi connectivity index (χ3n) is 5.61. The Kier molecular flexibility index (Phi) is 5.79. The molecule has 0 amide bonds. The van der Waals surface area contributed by atoms with Crippen molar-refractivity contribution in [3.05, 3.63) is 53.8 Å². The van der Waals surface area contributed by atoms with Crippen LogP contribution in [0.4, 0.5) is 5.95 Å². The Labute approximate surface area is 171 Å². The van der Waals surface area contributed by atoms with Gasteiger partial charge in [-0.05, 0) is 42.0 Å². The number of carbonyl (C=O) groups is 1. The number of rotatable bonds is 6. The molecule has 0 spiro atoms. The van der Waals surface area contributed by atoms with E-state index in [1.165, 1.54) is 16.7 Å². The second kappa shape index (κ2) is 8.64. The van der Waals surface area contributed by atoms with E-state index in [1.807, 2.05) is 0 Å². The van der Waals surface area contributed by atoms with Crippen LogP contribution in [0.3, 0.4) is 0 Å². The van der Waals surface area contributed by atoms with Crippen LogP contribution < -0.4 is 5.32 Å². The van der Waals surface area contributed by atoms with Gasteiger partial charge < -0.3 is 9.73 Å². The van der Waals surface area contributed by atoms with E-state index in [-0.39, 0.29) is 11.8 Å². The predicted octanol–water partition coefficient (Wildman–Crippen LogP) is 5.49. The lowest BCUT2D eigenvalue weighted by molar-refractivity contribution is 0.0787. The van der Waals surface area contributed by atoms with Crippen LogP contribution in [0.25, 0.3) is 11.6 Å². The lowest BCUT2D eigenvalue weighted by Gasteiger charge is -2.20. The highest BCUT2D eigenvalue weighted by atomic mass is 16.3. The molecule has 0 aliphatic heterocycles. The lowest BCUT2D eigenvalue weighted by Crippen LogP contribution is -2.26. The van der Waals surface area contributed by atoms with Crippen LogP contribution in [0.15, 0.2) is 47.1 Å². The molecule has 0 saturated heterocycles. The third-order valence-corrected chi connectivity index (χ3v) is 5.61. The number of furan rings is 1. The van der Waals surface area contributed by atoms with Crippen molar-refractivity contribution in [3.8, 4) is 11.6 Å². The van der Waals surface area contributed by atoms with Crippen LogP contribution >= 0.6 is 0 Å². The van der Waals surface area contributed by atoms with Crippen LogP contribution in [-0.4, -0.2) is 20.7 Å². The Morgan fingerprint density at radius 2 is 1.93 bits per heavy atom. The highest BCUT2D eigenvalue weighted by Crippen LogP contribution is 2.27. The van der Waals surface area contributed by atoms with Crippen molar-refractivity contribution in [2.45, 2.75) is 58.4 Å². The van der Waals surface area contributed by atoms with E-state index in [0.29, 0.717) is 30.0 Å². The molecule has 0 unspecified atom stereocenters. The minimum absolute atomic E-state index is 0.0146. The molecule has 4 rings (SSSR count). The van der Waals surface area contributed by atoms with E-state index < -0.39 is 0 Å². The maximum Gasteiger partial charge on any atom is 0.253 e. The van der Waals surface area contributed by atoms with E-state index in [4.69, 9.17) is 4.42 Å². The first-order valence-corrected chi connectivity index (χ1v) is 10.5. The van der Waals surface area contributed by atoms with E-state index in [2.05, 4.69) is 53.5 Å². The van der Waals surface area contributed by atoms with E-state index >= 15 is 0 Å². The van der Waals surface area contributed by atoms with Gasteiger partial charge in [-0.3, -0.25) is 4.79 Å². The van der Waals surface area contributed by atoms with Crippen molar-refractivity contribution >= 4 is 11.9 Å². The summed E-state index contributed by atoms with van der Waals surface area (Å²) in [5, 5.41) is 7.78. The van der Waals surface area contributed by atoms with Gasteiger partial charge in [-0.25, -0.2) is 0 Å². The summed E-state index contributed by atoms with van der Waals surface area (Å²) in [4.78, 5) is 17.7. The quantitative estimate of drug-likeness (QED) is 0.600.